The van der Waals surface area contributed by atoms with Crippen molar-refractivity contribution in [1.29, 1.82) is 0 Å². The largest absolute Gasteiger partial charge is 1.00 e. The van der Waals surface area contributed by atoms with E-state index in [1.807, 2.05) is 0 Å². The van der Waals surface area contributed by atoms with E-state index in [1.54, 1.807) is 0 Å². The number of carboxylic acids is 1. The molecule has 120 valence electrons. The van der Waals surface area contributed by atoms with E-state index in [9.17, 15) is 15.0 Å². The fourth-order valence-electron chi connectivity index (χ4n) is 2.23. The number of unbranched alkanes of at least 4 members (excludes halogenated alkanes) is 10. The number of carboxylic acid groups (broad SMARTS) is 1. The van der Waals surface area contributed by atoms with Crippen LogP contribution in [0.1, 0.15) is 84.0 Å². The number of aliphatic hydroxyl groups is 1. The topological polar surface area (TPSA) is 60.4 Å². The first kappa shape index (κ1) is 24.0. The van der Waals surface area contributed by atoms with E-state index < -0.39 is 11.4 Å². The van der Waals surface area contributed by atoms with Crippen LogP contribution in [0, 0.1) is 0 Å². The van der Waals surface area contributed by atoms with Gasteiger partial charge in [-0.15, -0.1) is 11.8 Å². The predicted molar refractivity (Wildman–Crippen MR) is 84.5 cm³/mol. The van der Waals surface area contributed by atoms with E-state index >= 15 is 0 Å². The Labute approximate surface area is 156 Å². The minimum absolute atomic E-state index is 0. The molecule has 0 rings (SSSR count). The Kier molecular flexibility index (Phi) is 21.6. The number of aliphatic carboxylic acids is 1. The summed E-state index contributed by atoms with van der Waals surface area (Å²) in [5.41, 5.74) is -0.550. The van der Waals surface area contributed by atoms with Crippen molar-refractivity contribution in [3.05, 3.63) is 0 Å². The van der Waals surface area contributed by atoms with Gasteiger partial charge in [0.15, 0.2) is 0 Å². The number of aliphatic hydroxyl groups excluding tert-OH is 1. The van der Waals surface area contributed by atoms with E-state index in [0.717, 1.165) is 24.6 Å². The van der Waals surface area contributed by atoms with Gasteiger partial charge in [-0.1, -0.05) is 77.6 Å². The quantitative estimate of drug-likeness (QED) is 0.270. The summed E-state index contributed by atoms with van der Waals surface area (Å²) in [6, 6.07) is 0. The minimum Gasteiger partial charge on any atom is -0.549 e. The average molecular weight is 326 g/mol. The molecule has 0 bridgehead atoms. The fraction of sp³-hybridized carbons (Fsp3) is 0.938. The van der Waals surface area contributed by atoms with E-state index in [0.29, 0.717) is 6.42 Å². The number of rotatable bonds is 15. The van der Waals surface area contributed by atoms with Crippen LogP contribution < -0.4 is 34.7 Å². The van der Waals surface area contributed by atoms with E-state index in [2.05, 4.69) is 6.92 Å². The molecule has 0 aromatic rings. The van der Waals surface area contributed by atoms with Crippen LogP contribution >= 0.6 is 11.8 Å². The van der Waals surface area contributed by atoms with Crippen LogP contribution in [0.25, 0.3) is 0 Å². The van der Waals surface area contributed by atoms with Gasteiger partial charge in [0.2, 0.25) is 0 Å². The molecule has 0 amide bonds. The van der Waals surface area contributed by atoms with Crippen molar-refractivity contribution < 1.29 is 44.6 Å². The second-order valence-corrected chi connectivity index (χ2v) is 6.63. The molecule has 0 aliphatic rings. The zero-order chi connectivity index (χ0) is 15.1. The molecule has 1 atom stereocenters. The number of carbonyl (C=O) groups excluding carboxylic acids is 1. The van der Waals surface area contributed by atoms with E-state index in [4.69, 9.17) is 0 Å². The molecular weight excluding hydrogens is 295 g/mol. The predicted octanol–water partition coefficient (Wildman–Crippen LogP) is 0.493. The molecule has 0 spiro atoms. The molecule has 1 N–H and O–H groups in total. The first-order valence-corrected chi connectivity index (χ1v) is 9.21. The molecule has 0 heterocycles. The zero-order valence-corrected chi connectivity index (χ0v) is 16.8. The molecule has 0 radical (unpaired) electrons. The zero-order valence-electron chi connectivity index (χ0n) is 13.9. The van der Waals surface area contributed by atoms with E-state index in [1.165, 1.54) is 57.8 Å². The molecule has 0 aliphatic carbocycles. The van der Waals surface area contributed by atoms with Gasteiger partial charge in [-0.3, -0.25) is 0 Å². The molecule has 1 unspecified atom stereocenters. The summed E-state index contributed by atoms with van der Waals surface area (Å²) in [4.78, 5) is 10.2. The Bertz CT molecular complexity index is 228. The number of hydrogen-bond acceptors (Lipinski definition) is 4. The Morgan fingerprint density at radius 3 is 1.81 bits per heavy atom. The van der Waals surface area contributed by atoms with Gasteiger partial charge in [-0.05, 0) is 6.42 Å². The third-order valence-corrected chi connectivity index (χ3v) is 4.47. The van der Waals surface area contributed by atoms with Crippen molar-refractivity contribution >= 4 is 17.7 Å². The van der Waals surface area contributed by atoms with Gasteiger partial charge in [0, 0.05) is 5.75 Å². The van der Waals surface area contributed by atoms with Crippen LogP contribution in [0.5, 0.6) is 0 Å². The summed E-state index contributed by atoms with van der Waals surface area (Å²) >= 11 is 1.06. The Morgan fingerprint density at radius 2 is 1.38 bits per heavy atom. The Morgan fingerprint density at radius 1 is 0.952 bits per heavy atom. The standard InChI is InChI=1S/C16H32O3S.Na/c1-2-3-4-5-6-7-8-9-10-11-12-13-16(19)20-14-15(17)18;/h16,19H,2-14H2,1H3,(H,17,18);/q;+1/p-1. The monoisotopic (exact) mass is 326 g/mol. The first-order valence-electron chi connectivity index (χ1n) is 8.16. The van der Waals surface area contributed by atoms with Gasteiger partial charge in [0.25, 0.3) is 0 Å². The molecule has 3 nitrogen and oxygen atoms in total. The molecule has 0 fully saturated rings. The van der Waals surface area contributed by atoms with Crippen LogP contribution in [0.3, 0.4) is 0 Å². The van der Waals surface area contributed by atoms with Gasteiger partial charge < -0.3 is 15.0 Å². The van der Waals surface area contributed by atoms with Crippen molar-refractivity contribution in [2.75, 3.05) is 5.75 Å². The van der Waals surface area contributed by atoms with Gasteiger partial charge in [-0.25, -0.2) is 0 Å². The Hall–Kier alpha value is 0.780. The average Bonchev–Trinajstić information content (AvgIpc) is 2.42. The molecule has 0 saturated carbocycles. The molecule has 21 heavy (non-hydrogen) atoms. The van der Waals surface area contributed by atoms with Crippen LogP contribution in [0.15, 0.2) is 0 Å². The maximum Gasteiger partial charge on any atom is 1.00 e. The van der Waals surface area contributed by atoms with Gasteiger partial charge in [-0.2, -0.15) is 0 Å². The third-order valence-electron chi connectivity index (χ3n) is 3.45. The number of hydrogen-bond donors (Lipinski definition) is 1. The van der Waals surface area contributed by atoms with Crippen molar-refractivity contribution in [3.63, 3.8) is 0 Å². The molecular formula is C16H31NaO3S. The second kappa shape index (κ2) is 18.8. The minimum atomic E-state index is -1.10. The van der Waals surface area contributed by atoms with Gasteiger partial charge in [0.1, 0.15) is 0 Å². The normalized spacial score (nSPS) is 11.9. The summed E-state index contributed by atoms with van der Waals surface area (Å²) < 4.78 is 0. The van der Waals surface area contributed by atoms with Crippen molar-refractivity contribution in [2.45, 2.75) is 89.4 Å². The summed E-state index contributed by atoms with van der Waals surface area (Å²) in [7, 11) is 0. The smallest absolute Gasteiger partial charge is 0.549 e. The third kappa shape index (κ3) is 20.8. The first-order chi connectivity index (χ1) is 9.66. The molecule has 0 aromatic heterocycles. The van der Waals surface area contributed by atoms with Crippen LogP contribution in [-0.4, -0.2) is 22.3 Å². The maximum atomic E-state index is 10.2. The molecule has 0 saturated heterocycles. The molecule has 5 heteroatoms. The summed E-state index contributed by atoms with van der Waals surface area (Å²) in [5.74, 6) is -1.22. The van der Waals surface area contributed by atoms with Crippen LogP contribution in [-0.2, 0) is 4.79 Å². The van der Waals surface area contributed by atoms with Crippen molar-refractivity contribution in [3.8, 4) is 0 Å². The summed E-state index contributed by atoms with van der Waals surface area (Å²) in [5, 5.41) is 19.7. The van der Waals surface area contributed by atoms with Crippen LogP contribution in [0.2, 0.25) is 0 Å². The maximum absolute atomic E-state index is 10.2. The van der Waals surface area contributed by atoms with Gasteiger partial charge in [0.05, 0.1) is 11.4 Å². The molecule has 0 aromatic carbocycles. The summed E-state index contributed by atoms with van der Waals surface area (Å²) in [6.45, 7) is 2.24. The summed E-state index contributed by atoms with van der Waals surface area (Å²) in [6.07, 6.45) is 14.8. The Balaban J connectivity index is 0. The SMILES string of the molecule is CCCCCCCCCCCCCC(O)SCC(=O)[O-].[Na+]. The number of carbonyl (C=O) groups is 1. The van der Waals surface area contributed by atoms with Crippen LogP contribution in [0.4, 0.5) is 0 Å². The van der Waals surface area contributed by atoms with Crippen molar-refractivity contribution in [2.24, 2.45) is 0 Å². The van der Waals surface area contributed by atoms with E-state index in [-0.39, 0.29) is 35.3 Å². The number of thioether (sulfide) groups is 1. The van der Waals surface area contributed by atoms with Crippen molar-refractivity contribution in [1.82, 2.24) is 0 Å². The van der Waals surface area contributed by atoms with Gasteiger partial charge >= 0.3 is 29.6 Å². The fourth-order valence-corrected chi connectivity index (χ4v) is 2.89. The molecule has 0 aliphatic heterocycles. The second-order valence-electron chi connectivity index (χ2n) is 5.46.